The van der Waals surface area contributed by atoms with E-state index in [0.29, 0.717) is 11.3 Å². The lowest BCUT2D eigenvalue weighted by Gasteiger charge is -2.04. The van der Waals surface area contributed by atoms with E-state index in [1.54, 1.807) is 6.07 Å². The number of rotatable bonds is 3. The number of carbonyl (C=O) groups is 1. The van der Waals surface area contributed by atoms with Crippen molar-refractivity contribution in [3.8, 4) is 11.8 Å². The summed E-state index contributed by atoms with van der Waals surface area (Å²) < 4.78 is 5.02. The number of aromatic carboxylic acids is 1. The van der Waals surface area contributed by atoms with Gasteiger partial charge in [-0.05, 0) is 24.3 Å². The van der Waals surface area contributed by atoms with E-state index in [1.165, 1.54) is 31.4 Å². The Kier molecular flexibility index (Phi) is 3.47. The zero-order valence-corrected chi connectivity index (χ0v) is 8.10. The first-order chi connectivity index (χ1) is 7.19. The molecule has 0 aliphatic carbocycles. The second kappa shape index (κ2) is 4.82. The second-order valence-electron chi connectivity index (χ2n) is 2.72. The van der Waals surface area contributed by atoms with Gasteiger partial charge in [-0.1, -0.05) is 0 Å². The van der Waals surface area contributed by atoms with Gasteiger partial charge >= 0.3 is 5.97 Å². The Balaban J connectivity index is 3.20. The predicted molar refractivity (Wildman–Crippen MR) is 54.6 cm³/mol. The Hall–Kier alpha value is -2.28. The Morgan fingerprint density at radius 2 is 2.33 bits per heavy atom. The van der Waals surface area contributed by atoms with Crippen molar-refractivity contribution in [1.29, 1.82) is 5.26 Å². The molecule has 1 aromatic rings. The first-order valence-electron chi connectivity index (χ1n) is 4.16. The molecule has 0 aliphatic heterocycles. The SMILES string of the molecule is COc1ccc(C(=O)O)cc1C=CC#N. The molecular weight excluding hydrogens is 194 g/mol. The number of nitrogens with zero attached hydrogens (tertiary/aromatic N) is 1. The molecule has 0 unspecified atom stereocenters. The van der Waals surface area contributed by atoms with E-state index in [4.69, 9.17) is 15.1 Å². The third-order valence-electron chi connectivity index (χ3n) is 1.81. The van der Waals surface area contributed by atoms with E-state index in [0.717, 1.165) is 0 Å². The summed E-state index contributed by atoms with van der Waals surface area (Å²) >= 11 is 0. The Bertz CT molecular complexity index is 444. The number of ether oxygens (including phenoxy) is 1. The van der Waals surface area contributed by atoms with Gasteiger partial charge in [-0.2, -0.15) is 5.26 Å². The largest absolute Gasteiger partial charge is 0.496 e. The minimum absolute atomic E-state index is 0.161. The summed E-state index contributed by atoms with van der Waals surface area (Å²) in [6, 6.07) is 6.29. The topological polar surface area (TPSA) is 70.3 Å². The first kappa shape index (κ1) is 10.8. The van der Waals surface area contributed by atoms with Crippen LogP contribution in [0.1, 0.15) is 15.9 Å². The molecule has 76 valence electrons. The normalized spacial score (nSPS) is 9.87. The summed E-state index contributed by atoms with van der Waals surface area (Å²) in [6.45, 7) is 0. The molecule has 0 saturated heterocycles. The second-order valence-corrected chi connectivity index (χ2v) is 2.72. The zero-order valence-electron chi connectivity index (χ0n) is 8.10. The molecule has 4 heteroatoms. The molecule has 1 N–H and O–H groups in total. The minimum Gasteiger partial charge on any atom is -0.496 e. The summed E-state index contributed by atoms with van der Waals surface area (Å²) in [6.07, 6.45) is 2.77. The van der Waals surface area contributed by atoms with Crippen LogP contribution in [0.15, 0.2) is 24.3 Å². The highest BCUT2D eigenvalue weighted by atomic mass is 16.5. The van der Waals surface area contributed by atoms with Crippen LogP contribution in [-0.2, 0) is 0 Å². The number of carboxylic acids is 1. The van der Waals surface area contributed by atoms with Crippen molar-refractivity contribution in [3.63, 3.8) is 0 Å². The van der Waals surface area contributed by atoms with E-state index in [2.05, 4.69) is 0 Å². The molecule has 15 heavy (non-hydrogen) atoms. The van der Waals surface area contributed by atoms with Crippen LogP contribution in [0.3, 0.4) is 0 Å². The quantitative estimate of drug-likeness (QED) is 0.762. The van der Waals surface area contributed by atoms with Crippen molar-refractivity contribution < 1.29 is 14.6 Å². The van der Waals surface area contributed by atoms with Crippen molar-refractivity contribution in [2.75, 3.05) is 7.11 Å². The highest BCUT2D eigenvalue weighted by Gasteiger charge is 2.06. The van der Waals surface area contributed by atoms with Crippen LogP contribution in [0, 0.1) is 11.3 Å². The summed E-state index contributed by atoms with van der Waals surface area (Å²) in [5.74, 6) is -0.476. The minimum atomic E-state index is -1.01. The van der Waals surface area contributed by atoms with E-state index < -0.39 is 5.97 Å². The van der Waals surface area contributed by atoms with Gasteiger partial charge in [0, 0.05) is 11.6 Å². The summed E-state index contributed by atoms with van der Waals surface area (Å²) in [7, 11) is 1.49. The molecule has 0 fully saturated rings. The van der Waals surface area contributed by atoms with Gasteiger partial charge in [0.1, 0.15) is 5.75 Å². The molecular formula is C11H9NO3. The molecule has 0 spiro atoms. The molecule has 0 radical (unpaired) electrons. The molecule has 0 saturated carbocycles. The number of hydrogen-bond donors (Lipinski definition) is 1. The van der Waals surface area contributed by atoms with Crippen molar-refractivity contribution in [2.24, 2.45) is 0 Å². The Morgan fingerprint density at radius 3 is 2.87 bits per heavy atom. The third-order valence-corrected chi connectivity index (χ3v) is 1.81. The number of methoxy groups -OCH3 is 1. The molecule has 0 aromatic heterocycles. The maximum absolute atomic E-state index is 10.7. The summed E-state index contributed by atoms with van der Waals surface area (Å²) in [4.78, 5) is 10.7. The number of allylic oxidation sites excluding steroid dienone is 1. The van der Waals surface area contributed by atoms with Gasteiger partial charge in [0.05, 0.1) is 18.7 Å². The van der Waals surface area contributed by atoms with E-state index in [1.807, 2.05) is 6.07 Å². The van der Waals surface area contributed by atoms with Crippen molar-refractivity contribution in [3.05, 3.63) is 35.4 Å². The highest BCUT2D eigenvalue weighted by Crippen LogP contribution is 2.21. The first-order valence-corrected chi connectivity index (χ1v) is 4.16. The molecule has 0 bridgehead atoms. The van der Waals surface area contributed by atoms with Crippen LogP contribution in [-0.4, -0.2) is 18.2 Å². The molecule has 0 heterocycles. The fourth-order valence-electron chi connectivity index (χ4n) is 1.12. The fraction of sp³-hybridized carbons (Fsp3) is 0.0909. The Morgan fingerprint density at radius 1 is 1.60 bits per heavy atom. The maximum Gasteiger partial charge on any atom is 0.335 e. The van der Waals surface area contributed by atoms with Crippen molar-refractivity contribution in [1.82, 2.24) is 0 Å². The molecule has 1 aromatic carbocycles. The lowest BCUT2D eigenvalue weighted by molar-refractivity contribution is 0.0697. The zero-order chi connectivity index (χ0) is 11.3. The predicted octanol–water partition coefficient (Wildman–Crippen LogP) is 1.93. The van der Waals surface area contributed by atoms with Gasteiger partial charge in [-0.3, -0.25) is 0 Å². The van der Waals surface area contributed by atoms with Crippen LogP contribution in [0.5, 0.6) is 5.75 Å². The average molecular weight is 203 g/mol. The molecule has 0 aliphatic rings. The number of nitriles is 1. The standard InChI is InChI=1S/C11H9NO3/c1-15-10-5-4-9(11(13)14)7-8(10)3-2-6-12/h2-5,7H,1H3,(H,13,14). The van der Waals surface area contributed by atoms with Gasteiger partial charge in [-0.15, -0.1) is 0 Å². The molecule has 4 nitrogen and oxygen atoms in total. The van der Waals surface area contributed by atoms with Crippen molar-refractivity contribution in [2.45, 2.75) is 0 Å². The third kappa shape index (κ3) is 2.58. The van der Waals surface area contributed by atoms with Gasteiger partial charge in [0.2, 0.25) is 0 Å². The number of hydrogen-bond acceptors (Lipinski definition) is 3. The average Bonchev–Trinajstić information content (AvgIpc) is 2.25. The van der Waals surface area contributed by atoms with E-state index in [9.17, 15) is 4.79 Å². The maximum atomic E-state index is 10.7. The lowest BCUT2D eigenvalue weighted by atomic mass is 10.1. The van der Waals surface area contributed by atoms with Gasteiger partial charge in [0.25, 0.3) is 0 Å². The molecule has 0 atom stereocenters. The van der Waals surface area contributed by atoms with Crippen molar-refractivity contribution >= 4 is 12.0 Å². The molecule has 1 rings (SSSR count). The van der Waals surface area contributed by atoms with Crippen LogP contribution in [0.2, 0.25) is 0 Å². The fourth-order valence-corrected chi connectivity index (χ4v) is 1.12. The monoisotopic (exact) mass is 203 g/mol. The smallest absolute Gasteiger partial charge is 0.335 e. The van der Waals surface area contributed by atoms with Crippen LogP contribution in [0.25, 0.3) is 6.08 Å². The van der Waals surface area contributed by atoms with Gasteiger partial charge in [0.15, 0.2) is 0 Å². The van der Waals surface area contributed by atoms with E-state index >= 15 is 0 Å². The number of carboxylic acid groups (broad SMARTS) is 1. The number of benzene rings is 1. The van der Waals surface area contributed by atoms with Crippen LogP contribution in [0.4, 0.5) is 0 Å². The lowest BCUT2D eigenvalue weighted by Crippen LogP contribution is -1.97. The van der Waals surface area contributed by atoms with Gasteiger partial charge < -0.3 is 9.84 Å². The highest BCUT2D eigenvalue weighted by molar-refractivity contribution is 5.89. The van der Waals surface area contributed by atoms with Gasteiger partial charge in [-0.25, -0.2) is 4.79 Å². The van der Waals surface area contributed by atoms with Crippen LogP contribution >= 0.6 is 0 Å². The van der Waals surface area contributed by atoms with E-state index in [-0.39, 0.29) is 5.56 Å². The Labute approximate surface area is 87.0 Å². The summed E-state index contributed by atoms with van der Waals surface area (Å²) in [5, 5.41) is 17.1. The molecule has 0 amide bonds. The summed E-state index contributed by atoms with van der Waals surface area (Å²) in [5.41, 5.74) is 0.729. The van der Waals surface area contributed by atoms with Crippen LogP contribution < -0.4 is 4.74 Å².